The molecule has 106 valence electrons. The monoisotopic (exact) mass is 330 g/mol. The summed E-state index contributed by atoms with van der Waals surface area (Å²) < 4.78 is 28.2. The maximum atomic E-state index is 11.3. The van der Waals surface area contributed by atoms with Crippen molar-refractivity contribution in [2.24, 2.45) is 0 Å². The quantitative estimate of drug-likeness (QED) is 0.790. The lowest BCUT2D eigenvalue weighted by Gasteiger charge is -2.09. The number of benzene rings is 2. The largest absolute Gasteiger partial charge is 0.489 e. The highest BCUT2D eigenvalue weighted by atomic mass is 35.7. The average molecular weight is 331 g/mol. The Balaban J connectivity index is 2.16. The number of rotatable bonds is 4. The minimum atomic E-state index is -3.73. The molecule has 0 saturated heterocycles. The maximum absolute atomic E-state index is 11.3. The molecule has 0 bridgehead atoms. The summed E-state index contributed by atoms with van der Waals surface area (Å²) in [6.07, 6.45) is 0. The molecular formula is C14H12Cl2O3S. The lowest BCUT2D eigenvalue weighted by molar-refractivity contribution is 0.306. The number of halogens is 2. The van der Waals surface area contributed by atoms with Crippen molar-refractivity contribution in [3.8, 4) is 5.75 Å². The second-order valence-electron chi connectivity index (χ2n) is 4.25. The molecule has 0 aromatic heterocycles. The number of hydrogen-bond donors (Lipinski definition) is 0. The minimum absolute atomic E-state index is 0.0873. The average Bonchev–Trinajstić information content (AvgIpc) is 2.36. The third-order valence-electron chi connectivity index (χ3n) is 2.76. The van der Waals surface area contributed by atoms with Crippen LogP contribution in [0.3, 0.4) is 0 Å². The van der Waals surface area contributed by atoms with Gasteiger partial charge in [-0.3, -0.25) is 0 Å². The minimum Gasteiger partial charge on any atom is -0.489 e. The van der Waals surface area contributed by atoms with Gasteiger partial charge in [0, 0.05) is 21.3 Å². The van der Waals surface area contributed by atoms with Gasteiger partial charge in [-0.2, -0.15) is 0 Å². The maximum Gasteiger partial charge on any atom is 0.261 e. The Morgan fingerprint density at radius 3 is 2.45 bits per heavy atom. The van der Waals surface area contributed by atoms with E-state index in [9.17, 15) is 8.42 Å². The Bertz CT molecular complexity index is 727. The first-order chi connectivity index (χ1) is 9.38. The van der Waals surface area contributed by atoms with Crippen LogP contribution in [-0.4, -0.2) is 8.42 Å². The number of hydrogen-bond acceptors (Lipinski definition) is 3. The highest BCUT2D eigenvalue weighted by Gasteiger charge is 2.13. The molecule has 2 rings (SSSR count). The van der Waals surface area contributed by atoms with Crippen LogP contribution in [0.15, 0.2) is 47.4 Å². The van der Waals surface area contributed by atoms with E-state index in [1.54, 1.807) is 25.1 Å². The Labute approximate surface area is 127 Å². The third kappa shape index (κ3) is 3.66. The van der Waals surface area contributed by atoms with Gasteiger partial charge in [0.15, 0.2) is 0 Å². The summed E-state index contributed by atoms with van der Waals surface area (Å²) in [5.74, 6) is 0.562. The highest BCUT2D eigenvalue weighted by Crippen LogP contribution is 2.25. The summed E-state index contributed by atoms with van der Waals surface area (Å²) in [7, 11) is 1.60. The van der Waals surface area contributed by atoms with Crippen molar-refractivity contribution in [3.63, 3.8) is 0 Å². The smallest absolute Gasteiger partial charge is 0.261 e. The van der Waals surface area contributed by atoms with Crippen LogP contribution in [0.25, 0.3) is 0 Å². The molecule has 6 heteroatoms. The first-order valence-corrected chi connectivity index (χ1v) is 8.48. The Kier molecular flexibility index (Phi) is 4.58. The van der Waals surface area contributed by atoms with Gasteiger partial charge in [0.1, 0.15) is 12.4 Å². The molecule has 0 radical (unpaired) electrons. The molecule has 0 heterocycles. The molecule has 0 unspecified atom stereocenters. The van der Waals surface area contributed by atoms with E-state index in [4.69, 9.17) is 27.0 Å². The van der Waals surface area contributed by atoms with Crippen molar-refractivity contribution in [1.29, 1.82) is 0 Å². The molecule has 2 aromatic rings. The SMILES string of the molecule is Cc1cc(OCc2ccccc2Cl)ccc1S(=O)(=O)Cl. The molecule has 0 atom stereocenters. The van der Waals surface area contributed by atoms with Crippen LogP contribution in [-0.2, 0) is 15.7 Å². The van der Waals surface area contributed by atoms with Crippen molar-refractivity contribution in [1.82, 2.24) is 0 Å². The van der Waals surface area contributed by atoms with E-state index in [2.05, 4.69) is 0 Å². The molecule has 20 heavy (non-hydrogen) atoms. The molecule has 0 saturated carbocycles. The zero-order chi connectivity index (χ0) is 14.8. The second kappa shape index (κ2) is 6.04. The van der Waals surface area contributed by atoms with E-state index in [1.807, 2.05) is 18.2 Å². The van der Waals surface area contributed by atoms with E-state index in [0.717, 1.165) is 5.56 Å². The van der Waals surface area contributed by atoms with Crippen molar-refractivity contribution >= 4 is 31.3 Å². The van der Waals surface area contributed by atoms with E-state index < -0.39 is 9.05 Å². The van der Waals surface area contributed by atoms with Crippen LogP contribution in [0.5, 0.6) is 5.75 Å². The predicted octanol–water partition coefficient (Wildman–Crippen LogP) is 4.15. The normalized spacial score (nSPS) is 11.3. The van der Waals surface area contributed by atoms with Crippen molar-refractivity contribution in [2.45, 2.75) is 18.4 Å². The fourth-order valence-corrected chi connectivity index (χ4v) is 3.15. The molecule has 0 N–H and O–H groups in total. The number of aryl methyl sites for hydroxylation is 1. The van der Waals surface area contributed by atoms with Crippen molar-refractivity contribution in [3.05, 3.63) is 58.6 Å². The zero-order valence-corrected chi connectivity index (χ0v) is 13.0. The fourth-order valence-electron chi connectivity index (χ4n) is 1.76. The summed E-state index contributed by atoms with van der Waals surface area (Å²) in [5.41, 5.74) is 1.40. The molecule has 3 nitrogen and oxygen atoms in total. The Morgan fingerprint density at radius 2 is 1.85 bits per heavy atom. The first-order valence-electron chi connectivity index (χ1n) is 5.79. The van der Waals surface area contributed by atoms with Gasteiger partial charge < -0.3 is 4.74 Å². The molecular weight excluding hydrogens is 319 g/mol. The molecule has 0 spiro atoms. The summed E-state index contributed by atoms with van der Waals surface area (Å²) in [4.78, 5) is 0.0873. The second-order valence-corrected chi connectivity index (χ2v) is 7.19. The number of ether oxygens (including phenoxy) is 1. The van der Waals surface area contributed by atoms with E-state index in [-0.39, 0.29) is 4.90 Å². The Hall–Kier alpha value is -1.23. The van der Waals surface area contributed by atoms with Crippen LogP contribution in [0.2, 0.25) is 5.02 Å². The van der Waals surface area contributed by atoms with E-state index in [0.29, 0.717) is 22.9 Å². The molecule has 0 amide bonds. The summed E-state index contributed by atoms with van der Waals surface area (Å²) in [6.45, 7) is 1.98. The fraction of sp³-hybridized carbons (Fsp3) is 0.143. The summed E-state index contributed by atoms with van der Waals surface area (Å²) in [6, 6.07) is 12.0. The van der Waals surface area contributed by atoms with Crippen LogP contribution >= 0.6 is 22.3 Å². The first kappa shape index (κ1) is 15.2. The van der Waals surface area contributed by atoms with Crippen LogP contribution < -0.4 is 4.74 Å². The van der Waals surface area contributed by atoms with Crippen molar-refractivity contribution in [2.75, 3.05) is 0 Å². The summed E-state index contributed by atoms with van der Waals surface area (Å²) >= 11 is 6.03. The highest BCUT2D eigenvalue weighted by molar-refractivity contribution is 8.13. The predicted molar refractivity (Wildman–Crippen MR) is 80.0 cm³/mol. The van der Waals surface area contributed by atoms with Gasteiger partial charge in [-0.15, -0.1) is 0 Å². The topological polar surface area (TPSA) is 43.4 Å². The van der Waals surface area contributed by atoms with Gasteiger partial charge in [-0.1, -0.05) is 29.8 Å². The van der Waals surface area contributed by atoms with Crippen LogP contribution in [0.1, 0.15) is 11.1 Å². The standard InChI is InChI=1S/C14H12Cl2O3S/c1-10-8-12(6-7-14(10)20(16,17)18)19-9-11-4-2-3-5-13(11)15/h2-8H,9H2,1H3. The Morgan fingerprint density at radius 1 is 1.15 bits per heavy atom. The summed E-state index contributed by atoms with van der Waals surface area (Å²) in [5, 5.41) is 0.629. The van der Waals surface area contributed by atoms with Gasteiger partial charge in [-0.25, -0.2) is 8.42 Å². The van der Waals surface area contributed by atoms with Gasteiger partial charge >= 0.3 is 0 Å². The van der Waals surface area contributed by atoms with Gasteiger partial charge in [0.2, 0.25) is 0 Å². The molecule has 2 aromatic carbocycles. The molecule has 0 fully saturated rings. The van der Waals surface area contributed by atoms with Gasteiger partial charge in [0.05, 0.1) is 4.90 Å². The molecule has 0 aliphatic carbocycles. The zero-order valence-electron chi connectivity index (χ0n) is 10.6. The van der Waals surface area contributed by atoms with Gasteiger partial charge in [-0.05, 0) is 36.8 Å². The lowest BCUT2D eigenvalue weighted by Crippen LogP contribution is -1.99. The van der Waals surface area contributed by atoms with Crippen molar-refractivity contribution < 1.29 is 13.2 Å². The molecule has 0 aliphatic heterocycles. The third-order valence-corrected chi connectivity index (χ3v) is 4.61. The van der Waals surface area contributed by atoms with Crippen LogP contribution in [0, 0.1) is 6.92 Å². The van der Waals surface area contributed by atoms with E-state index in [1.165, 1.54) is 6.07 Å². The lowest BCUT2D eigenvalue weighted by atomic mass is 10.2. The molecule has 0 aliphatic rings. The van der Waals surface area contributed by atoms with Crippen LogP contribution in [0.4, 0.5) is 0 Å². The van der Waals surface area contributed by atoms with E-state index >= 15 is 0 Å². The van der Waals surface area contributed by atoms with Gasteiger partial charge in [0.25, 0.3) is 9.05 Å².